The molecule has 1 aromatic heterocycles. The van der Waals surface area contributed by atoms with E-state index in [1.165, 1.54) is 6.33 Å². The Balaban J connectivity index is 2.45. The van der Waals surface area contributed by atoms with Gasteiger partial charge in [-0.3, -0.25) is 14.9 Å². The molecule has 0 bridgehead atoms. The van der Waals surface area contributed by atoms with E-state index in [0.29, 0.717) is 5.82 Å². The molecule has 0 saturated carbocycles. The summed E-state index contributed by atoms with van der Waals surface area (Å²) in [5.41, 5.74) is 5.30. The van der Waals surface area contributed by atoms with Crippen LogP contribution in [0.1, 0.15) is 27.7 Å². The van der Waals surface area contributed by atoms with Crippen molar-refractivity contribution in [3.8, 4) is 5.88 Å². The largest absolute Gasteiger partial charge is 0.473 e. The molecule has 114 valence electrons. The standard InChI is InChI=1S/C13H19N5O3/c1-7(2)21-11-9(14)10(15-6-16-11)18-5-8(19)17-12(20)13(18,3)4/h6-7H,5,14H2,1-4H3,(H,17,19,20). The first-order valence-electron chi connectivity index (χ1n) is 6.62. The van der Waals surface area contributed by atoms with Crippen LogP contribution in [0.4, 0.5) is 11.5 Å². The number of rotatable bonds is 3. The predicted octanol–water partition coefficient (Wildman–Crippen LogP) is 0.0874. The quantitative estimate of drug-likeness (QED) is 0.760. The molecule has 0 aliphatic carbocycles. The van der Waals surface area contributed by atoms with E-state index in [0.717, 1.165) is 0 Å². The first-order chi connectivity index (χ1) is 9.73. The van der Waals surface area contributed by atoms with Crippen LogP contribution >= 0.6 is 0 Å². The number of hydrogen-bond acceptors (Lipinski definition) is 7. The zero-order chi connectivity index (χ0) is 15.8. The molecule has 1 aromatic rings. The maximum atomic E-state index is 12.0. The van der Waals surface area contributed by atoms with E-state index < -0.39 is 17.4 Å². The van der Waals surface area contributed by atoms with Gasteiger partial charge in [-0.25, -0.2) is 4.98 Å². The first-order valence-corrected chi connectivity index (χ1v) is 6.62. The number of nitrogens with two attached hydrogens (primary N) is 1. The van der Waals surface area contributed by atoms with Gasteiger partial charge in [-0.05, 0) is 27.7 Å². The summed E-state index contributed by atoms with van der Waals surface area (Å²) in [7, 11) is 0. The number of anilines is 2. The fourth-order valence-electron chi connectivity index (χ4n) is 2.03. The van der Waals surface area contributed by atoms with Crippen LogP contribution in [0.25, 0.3) is 0 Å². The van der Waals surface area contributed by atoms with Crippen molar-refractivity contribution in [3.63, 3.8) is 0 Å². The van der Waals surface area contributed by atoms with Gasteiger partial charge in [0.05, 0.1) is 12.6 Å². The van der Waals surface area contributed by atoms with Crippen molar-refractivity contribution in [1.29, 1.82) is 0 Å². The minimum absolute atomic E-state index is 0.0128. The Morgan fingerprint density at radius 3 is 2.67 bits per heavy atom. The van der Waals surface area contributed by atoms with Crippen LogP contribution in [-0.2, 0) is 9.59 Å². The molecule has 3 N–H and O–H groups in total. The highest BCUT2D eigenvalue weighted by molar-refractivity contribution is 6.07. The Hall–Kier alpha value is -2.38. The first kappa shape index (κ1) is 15.0. The molecule has 8 heteroatoms. The van der Waals surface area contributed by atoms with Gasteiger partial charge in [-0.1, -0.05) is 0 Å². The molecule has 8 nitrogen and oxygen atoms in total. The molecular formula is C13H19N5O3. The second-order valence-corrected chi connectivity index (χ2v) is 5.61. The van der Waals surface area contributed by atoms with Crippen LogP contribution in [0.15, 0.2) is 6.33 Å². The van der Waals surface area contributed by atoms with Crippen LogP contribution in [0.5, 0.6) is 5.88 Å². The van der Waals surface area contributed by atoms with Gasteiger partial charge in [-0.2, -0.15) is 4.98 Å². The van der Waals surface area contributed by atoms with Gasteiger partial charge in [0.25, 0.3) is 5.91 Å². The topological polar surface area (TPSA) is 110 Å². The molecule has 2 amide bonds. The van der Waals surface area contributed by atoms with Crippen molar-refractivity contribution in [2.75, 3.05) is 17.2 Å². The van der Waals surface area contributed by atoms with Gasteiger partial charge >= 0.3 is 0 Å². The molecule has 0 atom stereocenters. The molecule has 1 fully saturated rings. The molecule has 1 aliphatic heterocycles. The molecule has 0 aromatic carbocycles. The minimum Gasteiger partial charge on any atom is -0.473 e. The highest BCUT2D eigenvalue weighted by Crippen LogP contribution is 2.33. The monoisotopic (exact) mass is 293 g/mol. The van der Waals surface area contributed by atoms with Crippen molar-refractivity contribution in [3.05, 3.63) is 6.33 Å². The third kappa shape index (κ3) is 2.74. The summed E-state index contributed by atoms with van der Waals surface area (Å²) in [6.45, 7) is 7.08. The Bertz CT molecular complexity index is 585. The fraction of sp³-hybridized carbons (Fsp3) is 0.538. The molecule has 2 heterocycles. The second-order valence-electron chi connectivity index (χ2n) is 5.61. The summed E-state index contributed by atoms with van der Waals surface area (Å²) in [6, 6.07) is 0. The van der Waals surface area contributed by atoms with Crippen molar-refractivity contribution < 1.29 is 14.3 Å². The summed E-state index contributed by atoms with van der Waals surface area (Å²) in [4.78, 5) is 33.3. The third-order valence-corrected chi connectivity index (χ3v) is 3.21. The lowest BCUT2D eigenvalue weighted by molar-refractivity contribution is -0.135. The van der Waals surface area contributed by atoms with E-state index in [1.54, 1.807) is 18.7 Å². The maximum absolute atomic E-state index is 12.0. The number of hydrogen-bond donors (Lipinski definition) is 2. The van der Waals surface area contributed by atoms with Crippen LogP contribution in [0.3, 0.4) is 0 Å². The van der Waals surface area contributed by atoms with Crippen molar-refractivity contribution in [2.45, 2.75) is 39.3 Å². The van der Waals surface area contributed by atoms with Gasteiger partial charge in [0, 0.05) is 0 Å². The lowest BCUT2D eigenvalue weighted by Crippen LogP contribution is -2.64. The SMILES string of the molecule is CC(C)Oc1ncnc(N2CC(=O)NC(=O)C2(C)C)c1N. The van der Waals surface area contributed by atoms with Crippen LogP contribution in [-0.4, -0.2) is 40.0 Å². The van der Waals surface area contributed by atoms with E-state index in [4.69, 9.17) is 10.5 Å². The number of carbonyl (C=O) groups excluding carboxylic acids is 2. The number of ether oxygens (including phenoxy) is 1. The van der Waals surface area contributed by atoms with Crippen LogP contribution < -0.4 is 20.7 Å². The number of nitrogens with one attached hydrogen (secondary N) is 1. The third-order valence-electron chi connectivity index (χ3n) is 3.21. The number of carbonyl (C=O) groups is 2. The number of nitrogen functional groups attached to an aromatic ring is 1. The number of aromatic nitrogens is 2. The summed E-state index contributed by atoms with van der Waals surface area (Å²) in [5, 5.41) is 2.30. The molecule has 0 radical (unpaired) electrons. The normalized spacial score (nSPS) is 17.9. The summed E-state index contributed by atoms with van der Waals surface area (Å²) in [6.07, 6.45) is 1.20. The number of amides is 2. The van der Waals surface area contributed by atoms with E-state index in [2.05, 4.69) is 15.3 Å². The fourth-order valence-corrected chi connectivity index (χ4v) is 2.03. The number of nitrogens with zero attached hydrogens (tertiary/aromatic N) is 3. The smallest absolute Gasteiger partial charge is 0.251 e. The average molecular weight is 293 g/mol. The van der Waals surface area contributed by atoms with Gasteiger partial charge < -0.3 is 15.4 Å². The summed E-state index contributed by atoms with van der Waals surface area (Å²) >= 11 is 0. The van der Waals surface area contributed by atoms with Crippen molar-refractivity contribution in [2.24, 2.45) is 0 Å². The highest BCUT2D eigenvalue weighted by Gasteiger charge is 2.42. The van der Waals surface area contributed by atoms with E-state index in [-0.39, 0.29) is 24.2 Å². The molecule has 1 saturated heterocycles. The van der Waals surface area contributed by atoms with Crippen molar-refractivity contribution in [1.82, 2.24) is 15.3 Å². The zero-order valence-electron chi connectivity index (χ0n) is 12.5. The Labute approximate surface area is 122 Å². The molecule has 2 rings (SSSR count). The number of piperazine rings is 1. The van der Waals surface area contributed by atoms with E-state index in [9.17, 15) is 9.59 Å². The maximum Gasteiger partial charge on any atom is 0.251 e. The Kier molecular flexibility index (Phi) is 3.71. The van der Waals surface area contributed by atoms with E-state index >= 15 is 0 Å². The second kappa shape index (κ2) is 5.19. The minimum atomic E-state index is -0.953. The highest BCUT2D eigenvalue weighted by atomic mass is 16.5. The van der Waals surface area contributed by atoms with Crippen molar-refractivity contribution >= 4 is 23.3 Å². The Morgan fingerprint density at radius 1 is 1.38 bits per heavy atom. The Morgan fingerprint density at radius 2 is 2.05 bits per heavy atom. The van der Waals surface area contributed by atoms with Crippen LogP contribution in [0.2, 0.25) is 0 Å². The molecular weight excluding hydrogens is 274 g/mol. The van der Waals surface area contributed by atoms with Crippen LogP contribution in [0, 0.1) is 0 Å². The number of imide groups is 1. The zero-order valence-corrected chi connectivity index (χ0v) is 12.5. The average Bonchev–Trinajstić information content (AvgIpc) is 2.36. The lowest BCUT2D eigenvalue weighted by Gasteiger charge is -2.41. The molecule has 1 aliphatic rings. The summed E-state index contributed by atoms with van der Waals surface area (Å²) < 4.78 is 5.51. The summed E-state index contributed by atoms with van der Waals surface area (Å²) in [5.74, 6) is -0.246. The van der Waals surface area contributed by atoms with Gasteiger partial charge in [0.1, 0.15) is 17.6 Å². The molecule has 0 spiro atoms. The predicted molar refractivity (Wildman–Crippen MR) is 76.8 cm³/mol. The van der Waals surface area contributed by atoms with E-state index in [1.807, 2.05) is 13.8 Å². The van der Waals surface area contributed by atoms with Gasteiger partial charge in [0.15, 0.2) is 5.82 Å². The van der Waals surface area contributed by atoms with Gasteiger partial charge in [-0.15, -0.1) is 0 Å². The lowest BCUT2D eigenvalue weighted by atomic mass is 9.98. The molecule has 21 heavy (non-hydrogen) atoms. The van der Waals surface area contributed by atoms with Gasteiger partial charge in [0.2, 0.25) is 11.8 Å². The molecule has 0 unspecified atom stereocenters.